The van der Waals surface area contributed by atoms with Crippen molar-refractivity contribution in [3.8, 4) is 0 Å². The van der Waals surface area contributed by atoms with Crippen LogP contribution in [0.25, 0.3) is 0 Å². The first-order valence-electron chi connectivity index (χ1n) is 6.81. The monoisotopic (exact) mass is 315 g/mol. The van der Waals surface area contributed by atoms with E-state index in [0.717, 1.165) is 0 Å². The Hall–Kier alpha value is -2.12. The van der Waals surface area contributed by atoms with E-state index in [1.54, 1.807) is 20.8 Å². The van der Waals surface area contributed by atoms with Gasteiger partial charge in [0, 0.05) is 13.8 Å². The number of alkyl carbamates (subject to hydrolysis) is 1. The molecular formula is C14H21NO7. The molecule has 124 valence electrons. The van der Waals surface area contributed by atoms with Gasteiger partial charge in [0.2, 0.25) is 5.92 Å². The second-order valence-corrected chi connectivity index (χ2v) is 6.45. The highest BCUT2D eigenvalue weighted by Crippen LogP contribution is 2.24. The number of carbonyl (C=O) groups excluding carboxylic acids is 4. The van der Waals surface area contributed by atoms with Crippen LogP contribution in [0.5, 0.6) is 0 Å². The Morgan fingerprint density at radius 1 is 1.18 bits per heavy atom. The first-order valence-corrected chi connectivity index (χ1v) is 6.81. The molecule has 0 bridgehead atoms. The largest absolute Gasteiger partial charge is 0.444 e. The highest BCUT2D eigenvalue weighted by atomic mass is 16.7. The van der Waals surface area contributed by atoms with Crippen LogP contribution in [0.3, 0.4) is 0 Å². The lowest BCUT2D eigenvalue weighted by Gasteiger charge is -2.33. The number of hydrogen-bond acceptors (Lipinski definition) is 7. The summed E-state index contributed by atoms with van der Waals surface area (Å²) in [5.74, 6) is -5.94. The summed E-state index contributed by atoms with van der Waals surface area (Å²) in [6.45, 7) is 9.09. The topological polar surface area (TPSA) is 108 Å². The maximum absolute atomic E-state index is 12.2. The van der Waals surface area contributed by atoms with Crippen LogP contribution in [0, 0.1) is 5.92 Å². The molecule has 0 saturated carbocycles. The molecule has 1 N–H and O–H groups in total. The molecule has 1 atom stereocenters. The van der Waals surface area contributed by atoms with Crippen molar-refractivity contribution < 1.29 is 33.4 Å². The second-order valence-electron chi connectivity index (χ2n) is 6.45. The van der Waals surface area contributed by atoms with Crippen molar-refractivity contribution in [2.24, 2.45) is 5.92 Å². The van der Waals surface area contributed by atoms with E-state index in [1.165, 1.54) is 20.8 Å². The Morgan fingerprint density at radius 3 is 2.05 bits per heavy atom. The molecule has 1 heterocycles. The van der Waals surface area contributed by atoms with Gasteiger partial charge in [0.15, 0.2) is 5.78 Å². The molecule has 0 aliphatic carbocycles. The summed E-state index contributed by atoms with van der Waals surface area (Å²) in [5.41, 5.74) is -0.737. The number of carbonyl (C=O) groups is 4. The van der Waals surface area contributed by atoms with Crippen molar-refractivity contribution in [1.29, 1.82) is 0 Å². The zero-order valence-electron chi connectivity index (χ0n) is 13.5. The SMILES string of the molecule is C[C@@H](NC(=O)OC(C)(C)C)C(=O)C1C(=O)OC(C)(C)OC1=O. The predicted octanol–water partition coefficient (Wildman–Crippen LogP) is 0.921. The fourth-order valence-electron chi connectivity index (χ4n) is 1.76. The van der Waals surface area contributed by atoms with Crippen LogP contribution in [-0.4, -0.2) is 41.2 Å². The number of Topliss-reactive ketones (excluding diaryl/α,β-unsaturated/α-hetero) is 1. The molecule has 0 aromatic carbocycles. The number of cyclic esters (lactones) is 2. The Kier molecular flexibility index (Phi) is 4.84. The van der Waals surface area contributed by atoms with Crippen molar-refractivity contribution >= 4 is 23.8 Å². The summed E-state index contributed by atoms with van der Waals surface area (Å²) in [5, 5.41) is 2.27. The maximum atomic E-state index is 12.2. The molecule has 0 unspecified atom stereocenters. The number of nitrogens with one attached hydrogen (secondary N) is 1. The molecule has 1 saturated heterocycles. The van der Waals surface area contributed by atoms with Crippen LogP contribution in [-0.2, 0) is 28.6 Å². The molecule has 8 heteroatoms. The van der Waals surface area contributed by atoms with Crippen LogP contribution in [0.4, 0.5) is 4.79 Å². The van der Waals surface area contributed by atoms with Crippen LogP contribution < -0.4 is 5.32 Å². The summed E-state index contributed by atoms with van der Waals surface area (Å²) in [4.78, 5) is 47.3. The van der Waals surface area contributed by atoms with Gasteiger partial charge in [-0.3, -0.25) is 14.4 Å². The molecule has 0 radical (unpaired) electrons. The van der Waals surface area contributed by atoms with E-state index in [0.29, 0.717) is 0 Å². The van der Waals surface area contributed by atoms with Crippen molar-refractivity contribution in [1.82, 2.24) is 5.32 Å². The number of rotatable bonds is 3. The van der Waals surface area contributed by atoms with Crippen LogP contribution in [0.15, 0.2) is 0 Å². The molecule has 0 aromatic heterocycles. The lowest BCUT2D eigenvalue weighted by molar-refractivity contribution is -0.238. The van der Waals surface area contributed by atoms with Gasteiger partial charge in [-0.15, -0.1) is 0 Å². The Labute approximate surface area is 128 Å². The molecule has 0 spiro atoms. The summed E-state index contributed by atoms with van der Waals surface area (Å²) < 4.78 is 14.7. The molecule has 8 nitrogen and oxygen atoms in total. The second kappa shape index (κ2) is 5.94. The van der Waals surface area contributed by atoms with Crippen molar-refractivity contribution in [2.45, 2.75) is 59.0 Å². The molecule has 1 aliphatic rings. The molecule has 22 heavy (non-hydrogen) atoms. The number of ether oxygens (including phenoxy) is 3. The minimum Gasteiger partial charge on any atom is -0.444 e. The Bertz CT molecular complexity index is 484. The van der Waals surface area contributed by atoms with Gasteiger partial charge in [-0.05, 0) is 27.7 Å². The number of amides is 1. The van der Waals surface area contributed by atoms with Gasteiger partial charge < -0.3 is 19.5 Å². The van der Waals surface area contributed by atoms with Gasteiger partial charge in [-0.1, -0.05) is 0 Å². The van der Waals surface area contributed by atoms with Crippen molar-refractivity contribution in [3.05, 3.63) is 0 Å². The van der Waals surface area contributed by atoms with Crippen molar-refractivity contribution in [3.63, 3.8) is 0 Å². The van der Waals surface area contributed by atoms with Crippen LogP contribution in [0.2, 0.25) is 0 Å². The lowest BCUT2D eigenvalue weighted by Crippen LogP contribution is -2.53. The van der Waals surface area contributed by atoms with E-state index >= 15 is 0 Å². The van der Waals surface area contributed by atoms with Crippen molar-refractivity contribution in [2.75, 3.05) is 0 Å². The average Bonchev–Trinajstić information content (AvgIpc) is 2.22. The molecule has 1 aliphatic heterocycles. The van der Waals surface area contributed by atoms with Gasteiger partial charge in [-0.2, -0.15) is 0 Å². The smallest absolute Gasteiger partial charge is 0.408 e. The molecule has 0 aromatic rings. The standard InChI is InChI=1S/C14H21NO7/c1-7(15-12(19)22-13(2,3)4)9(16)8-10(17)20-14(5,6)21-11(8)18/h7-8H,1-6H3,(H,15,19)/t7-/m1/s1. The third kappa shape index (κ3) is 4.71. The van der Waals surface area contributed by atoms with Gasteiger partial charge in [-0.25, -0.2) is 4.79 Å². The quantitative estimate of drug-likeness (QED) is 0.609. The summed E-state index contributed by atoms with van der Waals surface area (Å²) in [6.07, 6.45) is -0.828. The van der Waals surface area contributed by atoms with E-state index in [9.17, 15) is 19.2 Å². The van der Waals surface area contributed by atoms with Gasteiger partial charge in [0.25, 0.3) is 5.79 Å². The number of hydrogen-bond donors (Lipinski definition) is 1. The minimum absolute atomic E-state index is 0.737. The minimum atomic E-state index is -1.71. The van der Waals surface area contributed by atoms with Gasteiger partial charge in [0.05, 0.1) is 6.04 Å². The summed E-state index contributed by atoms with van der Waals surface area (Å²) >= 11 is 0. The molecule has 1 rings (SSSR count). The van der Waals surface area contributed by atoms with E-state index in [1.807, 2.05) is 0 Å². The fourth-order valence-corrected chi connectivity index (χ4v) is 1.76. The van der Waals surface area contributed by atoms with Crippen LogP contribution in [0.1, 0.15) is 41.5 Å². The van der Waals surface area contributed by atoms with Gasteiger partial charge in [0.1, 0.15) is 5.60 Å². The zero-order valence-corrected chi connectivity index (χ0v) is 13.5. The predicted molar refractivity (Wildman–Crippen MR) is 73.6 cm³/mol. The maximum Gasteiger partial charge on any atom is 0.408 e. The zero-order chi connectivity index (χ0) is 17.3. The molecule has 1 amide bonds. The third-order valence-electron chi connectivity index (χ3n) is 2.61. The molecule has 1 fully saturated rings. The van der Waals surface area contributed by atoms with E-state index < -0.39 is 47.2 Å². The van der Waals surface area contributed by atoms with E-state index in [2.05, 4.69) is 5.32 Å². The lowest BCUT2D eigenvalue weighted by atomic mass is 9.98. The van der Waals surface area contributed by atoms with E-state index in [-0.39, 0.29) is 0 Å². The summed E-state index contributed by atoms with van der Waals surface area (Å²) in [6, 6.07) is -1.11. The first kappa shape index (κ1) is 17.9. The highest BCUT2D eigenvalue weighted by molar-refractivity contribution is 6.17. The third-order valence-corrected chi connectivity index (χ3v) is 2.61. The summed E-state index contributed by atoms with van der Waals surface area (Å²) in [7, 11) is 0. The normalized spacial score (nSPS) is 19.7. The Morgan fingerprint density at radius 2 is 1.64 bits per heavy atom. The Balaban J connectivity index is 2.73. The van der Waals surface area contributed by atoms with Crippen LogP contribution >= 0.6 is 0 Å². The highest BCUT2D eigenvalue weighted by Gasteiger charge is 2.48. The number of esters is 2. The molecular weight excluding hydrogens is 294 g/mol. The fraction of sp³-hybridized carbons (Fsp3) is 0.714. The first-order chi connectivity index (χ1) is 9.82. The van der Waals surface area contributed by atoms with Gasteiger partial charge >= 0.3 is 18.0 Å². The number of ketones is 1. The van der Waals surface area contributed by atoms with E-state index in [4.69, 9.17) is 14.2 Å². The average molecular weight is 315 g/mol.